The monoisotopic (exact) mass is 382 g/mol. The molecule has 0 aliphatic carbocycles. The van der Waals surface area contributed by atoms with Gasteiger partial charge in [-0.3, -0.25) is 14.4 Å². The molecule has 0 aliphatic heterocycles. The van der Waals surface area contributed by atoms with Crippen molar-refractivity contribution >= 4 is 39.5 Å². The molecule has 0 unspecified atom stereocenters. The lowest BCUT2D eigenvalue weighted by Gasteiger charge is -2.15. The molecular formula is C22H22O6. The van der Waals surface area contributed by atoms with Crippen LogP contribution in [0.1, 0.15) is 45.2 Å². The number of carbonyl (C=O) groups is 3. The number of fused-ring (bicyclic) bond motifs is 2. The Morgan fingerprint density at radius 2 is 1.32 bits per heavy atom. The molecule has 0 atom stereocenters. The first kappa shape index (κ1) is 19.6. The third-order valence-corrected chi connectivity index (χ3v) is 4.29. The second-order valence-electron chi connectivity index (χ2n) is 7.27. The summed E-state index contributed by atoms with van der Waals surface area (Å²) in [6, 6.07) is 8.61. The number of ether oxygens (including phenoxy) is 2. The number of hydrogen-bond donors (Lipinski definition) is 0. The van der Waals surface area contributed by atoms with Crippen molar-refractivity contribution in [3.05, 3.63) is 36.1 Å². The minimum Gasteiger partial charge on any atom is -0.449 e. The average Bonchev–Trinajstić information content (AvgIpc) is 3.09. The highest BCUT2D eigenvalue weighted by atomic mass is 16.5. The molecule has 6 heteroatoms. The normalized spacial score (nSPS) is 11.4. The number of esters is 2. The van der Waals surface area contributed by atoms with Crippen LogP contribution in [0.4, 0.5) is 0 Å². The summed E-state index contributed by atoms with van der Waals surface area (Å²) in [5.74, 6) is -1.24. The highest BCUT2D eigenvalue weighted by Crippen LogP contribution is 2.44. The van der Waals surface area contributed by atoms with Crippen molar-refractivity contribution in [1.82, 2.24) is 0 Å². The topological polar surface area (TPSA) is 82.8 Å². The molecule has 28 heavy (non-hydrogen) atoms. The summed E-state index contributed by atoms with van der Waals surface area (Å²) >= 11 is 0. The van der Waals surface area contributed by atoms with Crippen molar-refractivity contribution < 1.29 is 28.3 Å². The van der Waals surface area contributed by atoms with Crippen LogP contribution in [0.3, 0.4) is 0 Å². The van der Waals surface area contributed by atoms with E-state index in [0.717, 1.165) is 0 Å². The van der Waals surface area contributed by atoms with Gasteiger partial charge in [0.25, 0.3) is 0 Å². The number of rotatable bonds is 5. The fourth-order valence-corrected chi connectivity index (χ4v) is 2.70. The molecule has 2 aromatic carbocycles. The summed E-state index contributed by atoms with van der Waals surface area (Å²) in [5.41, 5.74) is 0.199. The van der Waals surface area contributed by atoms with Crippen molar-refractivity contribution in [3.63, 3.8) is 0 Å². The van der Waals surface area contributed by atoms with Crippen molar-refractivity contribution in [1.29, 1.82) is 0 Å². The lowest BCUT2D eigenvalue weighted by atomic mass is 10.0. The molecule has 0 radical (unpaired) electrons. The van der Waals surface area contributed by atoms with Gasteiger partial charge in [0.2, 0.25) is 0 Å². The van der Waals surface area contributed by atoms with Crippen molar-refractivity contribution in [3.8, 4) is 11.5 Å². The molecular weight excluding hydrogens is 360 g/mol. The largest absolute Gasteiger partial charge is 0.449 e. The van der Waals surface area contributed by atoms with Gasteiger partial charge in [-0.15, -0.1) is 0 Å². The van der Waals surface area contributed by atoms with Gasteiger partial charge in [-0.1, -0.05) is 52.0 Å². The van der Waals surface area contributed by atoms with Gasteiger partial charge in [-0.25, -0.2) is 0 Å². The Bertz CT molecular complexity index is 1010. The summed E-state index contributed by atoms with van der Waals surface area (Å²) in [4.78, 5) is 36.4. The van der Waals surface area contributed by atoms with Crippen LogP contribution < -0.4 is 9.47 Å². The first-order chi connectivity index (χ1) is 13.2. The van der Waals surface area contributed by atoms with E-state index in [-0.39, 0.29) is 40.5 Å². The number of Topliss-reactive ketones (excluding diaryl/α,β-unsaturated/α-hetero) is 1. The molecule has 0 saturated carbocycles. The zero-order valence-corrected chi connectivity index (χ0v) is 16.5. The molecule has 0 saturated heterocycles. The van der Waals surface area contributed by atoms with Crippen LogP contribution in [0, 0.1) is 11.8 Å². The third-order valence-electron chi connectivity index (χ3n) is 4.29. The third kappa shape index (κ3) is 3.50. The van der Waals surface area contributed by atoms with E-state index in [9.17, 15) is 14.4 Å². The average molecular weight is 382 g/mol. The SMILES string of the molecule is CC(=O)c1cc2c(OC(=O)C(C)C)c3ccccc3c(OC(=O)C(C)C)c2o1. The lowest BCUT2D eigenvalue weighted by molar-refractivity contribution is -0.138. The molecule has 146 valence electrons. The number of benzene rings is 2. The molecule has 0 bridgehead atoms. The molecule has 6 nitrogen and oxygen atoms in total. The maximum absolute atomic E-state index is 12.3. The predicted molar refractivity (Wildman–Crippen MR) is 105 cm³/mol. The van der Waals surface area contributed by atoms with Crippen LogP contribution in [0.15, 0.2) is 34.7 Å². The van der Waals surface area contributed by atoms with E-state index in [4.69, 9.17) is 13.9 Å². The van der Waals surface area contributed by atoms with Gasteiger partial charge in [0, 0.05) is 17.7 Å². The Hall–Kier alpha value is -3.15. The molecule has 0 amide bonds. The van der Waals surface area contributed by atoms with E-state index in [1.165, 1.54) is 13.0 Å². The molecule has 3 rings (SSSR count). The molecule has 0 fully saturated rings. The Morgan fingerprint density at radius 3 is 1.82 bits per heavy atom. The van der Waals surface area contributed by atoms with Gasteiger partial charge in [0.15, 0.2) is 22.9 Å². The molecule has 1 heterocycles. The zero-order chi connectivity index (χ0) is 20.6. The van der Waals surface area contributed by atoms with Crippen LogP contribution in [-0.2, 0) is 9.59 Å². The first-order valence-corrected chi connectivity index (χ1v) is 9.13. The lowest BCUT2D eigenvalue weighted by Crippen LogP contribution is -2.16. The van der Waals surface area contributed by atoms with Crippen LogP contribution >= 0.6 is 0 Å². The number of ketones is 1. The highest BCUT2D eigenvalue weighted by molar-refractivity contribution is 6.12. The maximum Gasteiger partial charge on any atom is 0.313 e. The van der Waals surface area contributed by atoms with Gasteiger partial charge in [-0.05, 0) is 6.07 Å². The fraction of sp³-hybridized carbons (Fsp3) is 0.318. The van der Waals surface area contributed by atoms with E-state index in [2.05, 4.69) is 0 Å². The van der Waals surface area contributed by atoms with E-state index in [0.29, 0.717) is 16.2 Å². The van der Waals surface area contributed by atoms with Gasteiger partial charge in [0.05, 0.1) is 17.2 Å². The fourth-order valence-electron chi connectivity index (χ4n) is 2.70. The van der Waals surface area contributed by atoms with Gasteiger partial charge >= 0.3 is 11.9 Å². The van der Waals surface area contributed by atoms with Crippen molar-refractivity contribution in [2.75, 3.05) is 0 Å². The standard InChI is InChI=1S/C22H22O6/c1-11(2)21(24)27-18-14-8-6-7-9-15(14)19(28-22(25)12(3)4)20-16(18)10-17(26-20)13(5)23/h6-12H,1-5H3. The van der Waals surface area contributed by atoms with E-state index < -0.39 is 11.9 Å². The molecule has 0 N–H and O–H groups in total. The van der Waals surface area contributed by atoms with Crippen LogP contribution in [0.5, 0.6) is 11.5 Å². The molecule has 3 aromatic rings. The van der Waals surface area contributed by atoms with Gasteiger partial charge in [-0.2, -0.15) is 0 Å². The van der Waals surface area contributed by atoms with Crippen molar-refractivity contribution in [2.45, 2.75) is 34.6 Å². The second kappa shape index (κ2) is 7.46. The maximum atomic E-state index is 12.3. The second-order valence-corrected chi connectivity index (χ2v) is 7.27. The molecule has 0 aliphatic rings. The van der Waals surface area contributed by atoms with Crippen molar-refractivity contribution in [2.24, 2.45) is 11.8 Å². The Balaban J connectivity index is 2.37. The minimum absolute atomic E-state index is 0.0917. The van der Waals surface area contributed by atoms with Gasteiger partial charge in [0.1, 0.15) is 5.75 Å². The Morgan fingerprint density at radius 1 is 0.821 bits per heavy atom. The zero-order valence-electron chi connectivity index (χ0n) is 16.5. The smallest absolute Gasteiger partial charge is 0.313 e. The quantitative estimate of drug-likeness (QED) is 0.354. The number of hydrogen-bond acceptors (Lipinski definition) is 6. The van der Waals surface area contributed by atoms with Gasteiger partial charge < -0.3 is 13.9 Å². The summed E-state index contributed by atoms with van der Waals surface area (Å²) in [6.07, 6.45) is 0. The molecule has 1 aromatic heterocycles. The number of furan rings is 1. The van der Waals surface area contributed by atoms with Crippen LogP contribution in [-0.4, -0.2) is 17.7 Å². The van der Waals surface area contributed by atoms with E-state index in [1.807, 2.05) is 0 Å². The first-order valence-electron chi connectivity index (χ1n) is 9.13. The predicted octanol–water partition coefficient (Wildman–Crippen LogP) is 4.91. The van der Waals surface area contributed by atoms with Crippen LogP contribution in [0.25, 0.3) is 21.7 Å². The highest BCUT2D eigenvalue weighted by Gasteiger charge is 2.25. The van der Waals surface area contributed by atoms with E-state index in [1.54, 1.807) is 52.0 Å². The minimum atomic E-state index is -0.431. The van der Waals surface area contributed by atoms with E-state index >= 15 is 0 Å². The van der Waals surface area contributed by atoms with Crippen LogP contribution in [0.2, 0.25) is 0 Å². The molecule has 0 spiro atoms. The summed E-state index contributed by atoms with van der Waals surface area (Å²) in [6.45, 7) is 8.29. The summed E-state index contributed by atoms with van der Waals surface area (Å²) < 4.78 is 17.0. The summed E-state index contributed by atoms with van der Waals surface area (Å²) in [5, 5.41) is 1.55. The number of carbonyl (C=O) groups excluding carboxylic acids is 3. The Labute approximate surface area is 162 Å². The Kier molecular flexibility index (Phi) is 5.23. The summed E-state index contributed by atoms with van der Waals surface area (Å²) in [7, 11) is 0.